The van der Waals surface area contributed by atoms with Gasteiger partial charge in [0.15, 0.2) is 0 Å². The minimum atomic E-state index is -0.521. The molecule has 0 aliphatic rings. The summed E-state index contributed by atoms with van der Waals surface area (Å²) in [5.41, 5.74) is 7.42. The molecule has 0 spiro atoms. The molecule has 2 N–H and O–H groups in total. The second-order valence-corrected chi connectivity index (χ2v) is 7.02. The summed E-state index contributed by atoms with van der Waals surface area (Å²) in [6.07, 6.45) is 0. The molecule has 1 aromatic carbocycles. The van der Waals surface area contributed by atoms with Crippen LogP contribution >= 0.6 is 12.4 Å². The molecule has 1 amide bonds. The van der Waals surface area contributed by atoms with Gasteiger partial charge in [-0.1, -0.05) is 43.7 Å². The third-order valence-corrected chi connectivity index (χ3v) is 3.87. The molecule has 4 heteroatoms. The van der Waals surface area contributed by atoms with E-state index in [1.54, 1.807) is 4.90 Å². The molecule has 0 fully saturated rings. The van der Waals surface area contributed by atoms with E-state index in [4.69, 9.17) is 5.73 Å². The molecule has 0 saturated heterocycles. The number of benzene rings is 1. The zero-order chi connectivity index (χ0) is 15.6. The van der Waals surface area contributed by atoms with Gasteiger partial charge >= 0.3 is 0 Å². The molecule has 1 rings (SSSR count). The van der Waals surface area contributed by atoms with Crippen LogP contribution in [0.1, 0.15) is 38.8 Å². The number of nitrogens with two attached hydrogens (primary N) is 1. The Kier molecular flexibility index (Phi) is 6.91. The van der Waals surface area contributed by atoms with Gasteiger partial charge in [-0.05, 0) is 38.3 Å². The van der Waals surface area contributed by atoms with Gasteiger partial charge in [-0.15, -0.1) is 12.4 Å². The molecule has 0 unspecified atom stereocenters. The van der Waals surface area contributed by atoms with Crippen molar-refractivity contribution in [1.82, 2.24) is 4.90 Å². The Labute approximate surface area is 135 Å². The lowest BCUT2D eigenvalue weighted by molar-refractivity contribution is -0.136. The first-order valence-corrected chi connectivity index (χ1v) is 7.13. The summed E-state index contributed by atoms with van der Waals surface area (Å²) >= 11 is 0. The SMILES string of the molecule is Cc1ccc(C(C)(C)C(=O)N(C)CC(C)(C)CN)cc1.Cl. The first-order valence-electron chi connectivity index (χ1n) is 7.13. The van der Waals surface area contributed by atoms with Crippen LogP contribution in [0, 0.1) is 12.3 Å². The van der Waals surface area contributed by atoms with Crippen molar-refractivity contribution >= 4 is 18.3 Å². The number of halogens is 1. The Morgan fingerprint density at radius 1 is 1.14 bits per heavy atom. The van der Waals surface area contributed by atoms with Crippen molar-refractivity contribution in [2.24, 2.45) is 11.1 Å². The Hall–Kier alpha value is -1.06. The summed E-state index contributed by atoms with van der Waals surface area (Å²) < 4.78 is 0. The highest BCUT2D eigenvalue weighted by atomic mass is 35.5. The molecule has 0 saturated carbocycles. The van der Waals surface area contributed by atoms with Crippen LogP contribution in [0.4, 0.5) is 0 Å². The number of likely N-dealkylation sites (N-methyl/N-ethyl adjacent to an activating group) is 1. The highest BCUT2D eigenvalue weighted by molar-refractivity contribution is 5.87. The Morgan fingerprint density at radius 2 is 1.62 bits per heavy atom. The Morgan fingerprint density at radius 3 is 2.05 bits per heavy atom. The molecule has 0 aliphatic heterocycles. The fourth-order valence-corrected chi connectivity index (χ4v) is 2.35. The lowest BCUT2D eigenvalue weighted by Crippen LogP contribution is -2.46. The topological polar surface area (TPSA) is 46.3 Å². The predicted molar refractivity (Wildman–Crippen MR) is 91.9 cm³/mol. The predicted octanol–water partition coefficient (Wildman–Crippen LogP) is 3.14. The largest absolute Gasteiger partial charge is 0.344 e. The standard InChI is InChI=1S/C17H28N2O.ClH/c1-13-7-9-14(10-8-13)17(4,5)15(20)19(6)12-16(2,3)11-18;/h7-10H,11-12,18H2,1-6H3;1H. The lowest BCUT2D eigenvalue weighted by atomic mass is 9.82. The van der Waals surface area contributed by atoms with Crippen molar-refractivity contribution in [2.75, 3.05) is 20.1 Å². The molecule has 120 valence electrons. The fraction of sp³-hybridized carbons (Fsp3) is 0.588. The second-order valence-electron chi connectivity index (χ2n) is 7.02. The first kappa shape index (κ1) is 19.9. The summed E-state index contributed by atoms with van der Waals surface area (Å²) in [6.45, 7) is 11.4. The summed E-state index contributed by atoms with van der Waals surface area (Å²) in [5.74, 6) is 0.128. The number of carbonyl (C=O) groups is 1. The number of hydrogen-bond acceptors (Lipinski definition) is 2. The van der Waals surface area contributed by atoms with E-state index in [-0.39, 0.29) is 23.7 Å². The molecular formula is C17H29ClN2O. The van der Waals surface area contributed by atoms with E-state index < -0.39 is 5.41 Å². The normalized spacial score (nSPS) is 11.8. The summed E-state index contributed by atoms with van der Waals surface area (Å²) in [7, 11) is 1.86. The van der Waals surface area contributed by atoms with Crippen molar-refractivity contribution in [1.29, 1.82) is 0 Å². The van der Waals surface area contributed by atoms with E-state index in [2.05, 4.69) is 20.8 Å². The molecule has 0 heterocycles. The third kappa shape index (κ3) is 5.01. The second kappa shape index (κ2) is 7.28. The van der Waals surface area contributed by atoms with Crippen LogP contribution in [-0.2, 0) is 10.2 Å². The van der Waals surface area contributed by atoms with Gasteiger partial charge in [-0.25, -0.2) is 0 Å². The molecule has 3 nitrogen and oxygen atoms in total. The highest BCUT2D eigenvalue weighted by Crippen LogP contribution is 2.27. The molecule has 21 heavy (non-hydrogen) atoms. The Balaban J connectivity index is 0.00000400. The quantitative estimate of drug-likeness (QED) is 0.908. The van der Waals surface area contributed by atoms with E-state index in [1.807, 2.05) is 45.2 Å². The van der Waals surface area contributed by atoms with Gasteiger partial charge in [0.05, 0.1) is 5.41 Å². The van der Waals surface area contributed by atoms with E-state index in [9.17, 15) is 4.79 Å². The zero-order valence-electron chi connectivity index (χ0n) is 14.1. The summed E-state index contributed by atoms with van der Waals surface area (Å²) in [4.78, 5) is 14.5. The van der Waals surface area contributed by atoms with Crippen molar-refractivity contribution in [3.63, 3.8) is 0 Å². The third-order valence-electron chi connectivity index (χ3n) is 3.87. The average molecular weight is 313 g/mol. The number of rotatable bonds is 5. The minimum Gasteiger partial charge on any atom is -0.344 e. The van der Waals surface area contributed by atoms with Crippen LogP contribution in [0.2, 0.25) is 0 Å². The number of nitrogens with zero attached hydrogens (tertiary/aromatic N) is 1. The van der Waals surface area contributed by atoms with Crippen LogP contribution in [0.25, 0.3) is 0 Å². The van der Waals surface area contributed by atoms with Crippen molar-refractivity contribution < 1.29 is 4.79 Å². The average Bonchev–Trinajstić information content (AvgIpc) is 2.37. The van der Waals surface area contributed by atoms with Gasteiger partial charge in [-0.3, -0.25) is 4.79 Å². The maximum atomic E-state index is 12.7. The van der Waals surface area contributed by atoms with Crippen LogP contribution in [0.15, 0.2) is 24.3 Å². The zero-order valence-corrected chi connectivity index (χ0v) is 14.9. The number of aryl methyl sites for hydroxylation is 1. The van der Waals surface area contributed by atoms with Crippen LogP contribution in [0.5, 0.6) is 0 Å². The van der Waals surface area contributed by atoms with E-state index in [1.165, 1.54) is 5.56 Å². The van der Waals surface area contributed by atoms with Crippen molar-refractivity contribution in [3.8, 4) is 0 Å². The molecule has 0 aliphatic carbocycles. The van der Waals surface area contributed by atoms with Gasteiger partial charge in [0.25, 0.3) is 0 Å². The maximum Gasteiger partial charge on any atom is 0.232 e. The van der Waals surface area contributed by atoms with Crippen molar-refractivity contribution in [3.05, 3.63) is 35.4 Å². The van der Waals surface area contributed by atoms with E-state index >= 15 is 0 Å². The van der Waals surface area contributed by atoms with Gasteiger partial charge in [0.2, 0.25) is 5.91 Å². The van der Waals surface area contributed by atoms with Crippen molar-refractivity contribution in [2.45, 2.75) is 40.0 Å². The van der Waals surface area contributed by atoms with E-state index in [0.717, 1.165) is 5.56 Å². The van der Waals surface area contributed by atoms with Crippen LogP contribution in [0.3, 0.4) is 0 Å². The smallest absolute Gasteiger partial charge is 0.232 e. The molecule has 0 aromatic heterocycles. The lowest BCUT2D eigenvalue weighted by Gasteiger charge is -2.34. The van der Waals surface area contributed by atoms with Crippen LogP contribution in [-0.4, -0.2) is 30.9 Å². The Bertz CT molecular complexity index is 466. The molecule has 0 radical (unpaired) electrons. The number of hydrogen-bond donors (Lipinski definition) is 1. The number of carbonyl (C=O) groups excluding carboxylic acids is 1. The summed E-state index contributed by atoms with van der Waals surface area (Å²) in [6, 6.07) is 8.17. The first-order chi connectivity index (χ1) is 9.10. The fourth-order valence-electron chi connectivity index (χ4n) is 2.35. The maximum absolute atomic E-state index is 12.7. The highest BCUT2D eigenvalue weighted by Gasteiger charge is 2.34. The molecule has 0 bridgehead atoms. The van der Waals surface area contributed by atoms with E-state index in [0.29, 0.717) is 13.1 Å². The molecular weight excluding hydrogens is 284 g/mol. The molecule has 0 atom stereocenters. The molecule has 1 aromatic rings. The van der Waals surface area contributed by atoms with Gasteiger partial charge < -0.3 is 10.6 Å². The van der Waals surface area contributed by atoms with Gasteiger partial charge in [0.1, 0.15) is 0 Å². The number of amides is 1. The van der Waals surface area contributed by atoms with Gasteiger partial charge in [0, 0.05) is 13.6 Å². The van der Waals surface area contributed by atoms with Gasteiger partial charge in [-0.2, -0.15) is 0 Å². The monoisotopic (exact) mass is 312 g/mol. The minimum absolute atomic E-state index is 0. The summed E-state index contributed by atoms with van der Waals surface area (Å²) in [5, 5.41) is 0. The van der Waals surface area contributed by atoms with Crippen LogP contribution < -0.4 is 5.73 Å².